The number of carbonyl (C=O) groups excluding carboxylic acids is 2. The van der Waals surface area contributed by atoms with Gasteiger partial charge in [0.15, 0.2) is 0 Å². The number of hydrogen-bond acceptors (Lipinski definition) is 10. The number of amides is 1. The van der Waals surface area contributed by atoms with Crippen LogP contribution in [0.5, 0.6) is 0 Å². The third-order valence-corrected chi connectivity index (χ3v) is 7.88. The second-order valence-electron chi connectivity index (χ2n) is 10.6. The summed E-state index contributed by atoms with van der Waals surface area (Å²) in [6.07, 6.45) is 3.04. The van der Waals surface area contributed by atoms with Crippen molar-refractivity contribution in [3.05, 3.63) is 51.4 Å². The minimum absolute atomic E-state index is 0.0993. The molecule has 2 fully saturated rings. The lowest BCUT2D eigenvalue weighted by Crippen LogP contribution is -2.46. The number of rotatable bonds is 7. The highest BCUT2D eigenvalue weighted by Gasteiger charge is 2.71. The van der Waals surface area contributed by atoms with Crippen molar-refractivity contribution in [3.8, 4) is 11.4 Å². The Morgan fingerprint density at radius 1 is 1.15 bits per heavy atom. The molecule has 1 amide bonds. The molecule has 1 saturated heterocycles. The van der Waals surface area contributed by atoms with Crippen LogP contribution in [0.15, 0.2) is 40.2 Å². The van der Waals surface area contributed by atoms with E-state index < -0.39 is 41.0 Å². The molecule has 0 radical (unpaired) electrons. The molecule has 2 N–H and O–H groups in total. The first kappa shape index (κ1) is 26.5. The van der Waals surface area contributed by atoms with Crippen LogP contribution in [0.1, 0.15) is 13.8 Å². The molecule has 6 rings (SSSR count). The standard InChI is InChI=1S/C26H27F2N9O4/c1-13(38)9-36-24(40)21-22(34(3)25(36)41)31-12-37(21)14(2)23(39)33-19-6-4-5-17(32-19)18-7-30-20(8-29-18)35-10-15-16(11-35)26(15,27)28/h4-8,14-16,31H,9-12H2,1-3H3,(H,32,33,39). The Hall–Kier alpha value is -4.69. The van der Waals surface area contributed by atoms with Crippen LogP contribution < -0.4 is 31.7 Å². The predicted octanol–water partition coefficient (Wildman–Crippen LogP) is 0.906. The summed E-state index contributed by atoms with van der Waals surface area (Å²) in [5, 5.41) is 5.73. The zero-order chi connectivity index (χ0) is 29.2. The van der Waals surface area contributed by atoms with Crippen LogP contribution in [0.25, 0.3) is 11.4 Å². The van der Waals surface area contributed by atoms with Gasteiger partial charge in [0.25, 0.3) is 11.5 Å². The molecule has 3 aliphatic rings. The van der Waals surface area contributed by atoms with E-state index in [0.29, 0.717) is 17.2 Å². The van der Waals surface area contributed by atoms with Crippen LogP contribution in [0.2, 0.25) is 0 Å². The molecule has 13 nitrogen and oxygen atoms in total. The van der Waals surface area contributed by atoms with Crippen molar-refractivity contribution in [1.82, 2.24) is 24.1 Å². The third-order valence-electron chi connectivity index (χ3n) is 7.88. The summed E-state index contributed by atoms with van der Waals surface area (Å²) in [5.74, 6) is -3.59. The molecule has 0 spiro atoms. The van der Waals surface area contributed by atoms with E-state index in [4.69, 9.17) is 0 Å². The second-order valence-corrected chi connectivity index (χ2v) is 10.6. The molecule has 15 heteroatoms. The minimum atomic E-state index is -2.57. The number of nitrogens with zero attached hydrogens (tertiary/aromatic N) is 7. The van der Waals surface area contributed by atoms with Gasteiger partial charge in [0.1, 0.15) is 40.7 Å². The molecule has 1 saturated carbocycles. The average Bonchev–Trinajstić information content (AvgIpc) is 3.38. The van der Waals surface area contributed by atoms with E-state index >= 15 is 0 Å². The number of ketones is 1. The summed E-state index contributed by atoms with van der Waals surface area (Å²) >= 11 is 0. The zero-order valence-corrected chi connectivity index (χ0v) is 22.5. The van der Waals surface area contributed by atoms with Crippen LogP contribution in [-0.4, -0.2) is 67.5 Å². The van der Waals surface area contributed by atoms with Gasteiger partial charge in [0.2, 0.25) is 5.91 Å². The normalized spacial score (nSPS) is 20.7. The lowest BCUT2D eigenvalue weighted by atomic mass is 10.2. The number of halogens is 2. The number of Topliss-reactive ketones (excluding diaryl/α,β-unsaturated/α-hetero) is 1. The molecule has 0 aromatic carbocycles. The molecular formula is C26H27F2N9O4. The average molecular weight is 568 g/mol. The lowest BCUT2D eigenvalue weighted by molar-refractivity contribution is -0.118. The molecule has 0 bridgehead atoms. The van der Waals surface area contributed by atoms with Gasteiger partial charge >= 0.3 is 5.69 Å². The van der Waals surface area contributed by atoms with Crippen LogP contribution in [0.3, 0.4) is 0 Å². The predicted molar refractivity (Wildman–Crippen MR) is 145 cm³/mol. The number of nitrogens with one attached hydrogen (secondary N) is 2. The number of anilines is 4. The SMILES string of the molecule is CC(=O)Cn1c(=O)c2c(n(C)c1=O)NCN2C(C)C(=O)Nc1cccc(-c2cnc(N3CC4C(C3)C4(F)F)cn2)n1. The molecule has 3 aromatic heterocycles. The van der Waals surface area contributed by atoms with Gasteiger partial charge in [-0.2, -0.15) is 0 Å². The Kier molecular flexibility index (Phi) is 6.12. The Morgan fingerprint density at radius 2 is 1.88 bits per heavy atom. The first-order valence-corrected chi connectivity index (χ1v) is 13.0. The van der Waals surface area contributed by atoms with E-state index in [1.54, 1.807) is 30.0 Å². The molecule has 41 heavy (non-hydrogen) atoms. The van der Waals surface area contributed by atoms with E-state index in [9.17, 15) is 28.0 Å². The number of alkyl halides is 2. The van der Waals surface area contributed by atoms with Gasteiger partial charge in [-0.25, -0.2) is 28.5 Å². The van der Waals surface area contributed by atoms with Crippen molar-refractivity contribution in [2.24, 2.45) is 18.9 Å². The van der Waals surface area contributed by atoms with E-state index in [1.807, 2.05) is 0 Å². The van der Waals surface area contributed by atoms with Gasteiger partial charge in [-0.05, 0) is 26.0 Å². The largest absolute Gasteiger partial charge is 0.354 e. The van der Waals surface area contributed by atoms with Gasteiger partial charge < -0.3 is 20.4 Å². The van der Waals surface area contributed by atoms with Crippen molar-refractivity contribution in [2.45, 2.75) is 32.4 Å². The first-order valence-electron chi connectivity index (χ1n) is 13.0. The smallest absolute Gasteiger partial charge is 0.332 e. The van der Waals surface area contributed by atoms with Gasteiger partial charge in [-0.3, -0.25) is 23.5 Å². The van der Waals surface area contributed by atoms with E-state index in [2.05, 4.69) is 25.6 Å². The molecular weight excluding hydrogens is 540 g/mol. The van der Waals surface area contributed by atoms with Crippen molar-refractivity contribution >= 4 is 34.8 Å². The zero-order valence-electron chi connectivity index (χ0n) is 22.5. The molecule has 3 aromatic rings. The number of piperidine rings is 1. The topological polar surface area (TPSA) is 147 Å². The maximum atomic E-state index is 13.5. The van der Waals surface area contributed by atoms with Crippen molar-refractivity contribution in [3.63, 3.8) is 0 Å². The fourth-order valence-corrected chi connectivity index (χ4v) is 5.48. The Labute approximate surface area is 231 Å². The number of hydrogen-bond donors (Lipinski definition) is 2. The Morgan fingerprint density at radius 3 is 2.54 bits per heavy atom. The van der Waals surface area contributed by atoms with Crippen molar-refractivity contribution in [2.75, 3.05) is 40.2 Å². The number of fused-ring (bicyclic) bond motifs is 2. The number of aromatic nitrogens is 5. The molecule has 3 atom stereocenters. The summed E-state index contributed by atoms with van der Waals surface area (Å²) in [4.78, 5) is 67.2. The van der Waals surface area contributed by atoms with E-state index in [-0.39, 0.29) is 49.4 Å². The lowest BCUT2D eigenvalue weighted by Gasteiger charge is -2.24. The molecule has 2 aliphatic heterocycles. The fourth-order valence-electron chi connectivity index (χ4n) is 5.48. The maximum absolute atomic E-state index is 13.5. The highest BCUT2D eigenvalue weighted by atomic mass is 19.3. The highest BCUT2D eigenvalue weighted by molar-refractivity contribution is 5.97. The molecule has 3 unspecified atom stereocenters. The van der Waals surface area contributed by atoms with Crippen LogP contribution in [0.4, 0.5) is 31.9 Å². The number of pyridine rings is 1. The van der Waals surface area contributed by atoms with E-state index in [1.165, 1.54) is 35.8 Å². The molecule has 1 aliphatic carbocycles. The van der Waals surface area contributed by atoms with Crippen LogP contribution >= 0.6 is 0 Å². The monoisotopic (exact) mass is 567 g/mol. The summed E-state index contributed by atoms with van der Waals surface area (Å²) in [6.45, 7) is 3.12. The van der Waals surface area contributed by atoms with Gasteiger partial charge in [-0.1, -0.05) is 6.07 Å². The van der Waals surface area contributed by atoms with Crippen molar-refractivity contribution < 1.29 is 18.4 Å². The molecule has 5 heterocycles. The minimum Gasteiger partial charge on any atom is -0.354 e. The summed E-state index contributed by atoms with van der Waals surface area (Å²) in [6, 6.07) is 4.15. The van der Waals surface area contributed by atoms with Gasteiger partial charge in [-0.15, -0.1) is 0 Å². The highest BCUT2D eigenvalue weighted by Crippen LogP contribution is 2.59. The maximum Gasteiger partial charge on any atom is 0.332 e. The summed E-state index contributed by atoms with van der Waals surface area (Å²) in [7, 11) is 1.48. The Balaban J connectivity index is 1.17. The third kappa shape index (κ3) is 4.40. The number of carbonyl (C=O) groups is 2. The second kappa shape index (κ2) is 9.45. The van der Waals surface area contributed by atoms with Crippen LogP contribution in [0, 0.1) is 11.8 Å². The molecule has 214 valence electrons. The van der Waals surface area contributed by atoms with Gasteiger partial charge in [0.05, 0.1) is 43.1 Å². The van der Waals surface area contributed by atoms with E-state index in [0.717, 1.165) is 4.57 Å². The fraction of sp³-hybridized carbons (Fsp3) is 0.423. The first-order chi connectivity index (χ1) is 19.5. The van der Waals surface area contributed by atoms with Gasteiger partial charge in [0, 0.05) is 20.1 Å². The quantitative estimate of drug-likeness (QED) is 0.422. The summed E-state index contributed by atoms with van der Waals surface area (Å²) < 4.78 is 29.1. The van der Waals surface area contributed by atoms with Crippen molar-refractivity contribution in [1.29, 1.82) is 0 Å². The summed E-state index contributed by atoms with van der Waals surface area (Å²) in [5.41, 5.74) is -0.291. The van der Waals surface area contributed by atoms with Crippen LogP contribution in [-0.2, 0) is 23.2 Å². The Bertz CT molecular complexity index is 1670.